The van der Waals surface area contributed by atoms with E-state index >= 15 is 0 Å². The van der Waals surface area contributed by atoms with E-state index in [1.807, 2.05) is 31.2 Å². The van der Waals surface area contributed by atoms with Crippen molar-refractivity contribution in [2.24, 2.45) is 4.99 Å². The topological polar surface area (TPSA) is 80.2 Å². The van der Waals surface area contributed by atoms with Crippen LogP contribution >= 0.6 is 11.8 Å². The van der Waals surface area contributed by atoms with E-state index in [1.165, 1.54) is 16.7 Å². The standard InChI is InChI=1S/C22H25N3O4S/c1-4-13-29-16-11-9-15(10-12-16)25-20(26)14-19(21(25)27)30-22(23-2)24-17-7-5-6-8-18(17)28-3/h5-12,19H,4,13-14H2,1-3H3,(H,23,24). The Balaban J connectivity index is 1.69. The maximum Gasteiger partial charge on any atom is 0.247 e. The second-order valence-corrected chi connectivity index (χ2v) is 7.77. The minimum Gasteiger partial charge on any atom is -0.495 e. The second-order valence-electron chi connectivity index (χ2n) is 6.57. The lowest BCUT2D eigenvalue weighted by molar-refractivity contribution is -0.121. The first kappa shape index (κ1) is 21.7. The van der Waals surface area contributed by atoms with Crippen molar-refractivity contribution < 1.29 is 19.1 Å². The van der Waals surface area contributed by atoms with Crippen LogP contribution in [0.2, 0.25) is 0 Å². The molecule has 1 aliphatic heterocycles. The smallest absolute Gasteiger partial charge is 0.247 e. The second kappa shape index (κ2) is 10.2. The van der Waals surface area contributed by atoms with Gasteiger partial charge >= 0.3 is 0 Å². The molecular formula is C22H25N3O4S. The highest BCUT2D eigenvalue weighted by molar-refractivity contribution is 8.15. The lowest BCUT2D eigenvalue weighted by atomic mass is 10.3. The molecule has 2 aromatic carbocycles. The molecule has 7 nitrogen and oxygen atoms in total. The number of hydrogen-bond donors (Lipinski definition) is 1. The third-order valence-corrected chi connectivity index (χ3v) is 5.64. The molecule has 3 rings (SSSR count). The third kappa shape index (κ3) is 4.94. The number of methoxy groups -OCH3 is 1. The molecule has 2 amide bonds. The fraction of sp³-hybridized carbons (Fsp3) is 0.318. The molecule has 1 saturated heterocycles. The SMILES string of the molecule is CCCOc1ccc(N2C(=O)CC(SC(=NC)Nc3ccccc3OC)C2=O)cc1. The number of nitrogens with zero attached hydrogens (tertiary/aromatic N) is 2. The van der Waals surface area contributed by atoms with E-state index in [4.69, 9.17) is 9.47 Å². The number of rotatable bonds is 7. The summed E-state index contributed by atoms with van der Waals surface area (Å²) in [6.45, 7) is 2.66. The van der Waals surface area contributed by atoms with Crippen molar-refractivity contribution >= 4 is 40.1 Å². The van der Waals surface area contributed by atoms with Crippen molar-refractivity contribution in [2.75, 3.05) is 31.0 Å². The average molecular weight is 428 g/mol. The lowest BCUT2D eigenvalue weighted by Crippen LogP contribution is -2.31. The van der Waals surface area contributed by atoms with Gasteiger partial charge in [-0.1, -0.05) is 30.8 Å². The molecule has 1 aliphatic rings. The molecule has 0 aliphatic carbocycles. The molecule has 158 valence electrons. The molecular weight excluding hydrogens is 402 g/mol. The maximum absolute atomic E-state index is 12.9. The summed E-state index contributed by atoms with van der Waals surface area (Å²) in [5, 5.41) is 3.17. The molecule has 1 N–H and O–H groups in total. The zero-order valence-electron chi connectivity index (χ0n) is 17.3. The predicted octanol–water partition coefficient (Wildman–Crippen LogP) is 3.95. The van der Waals surface area contributed by atoms with Gasteiger partial charge in [-0.3, -0.25) is 14.6 Å². The number of nitrogens with one attached hydrogen (secondary N) is 1. The van der Waals surface area contributed by atoms with Crippen molar-refractivity contribution in [2.45, 2.75) is 25.0 Å². The monoisotopic (exact) mass is 427 g/mol. The van der Waals surface area contributed by atoms with Crippen molar-refractivity contribution in [3.63, 3.8) is 0 Å². The van der Waals surface area contributed by atoms with E-state index in [9.17, 15) is 9.59 Å². The predicted molar refractivity (Wildman–Crippen MR) is 121 cm³/mol. The quantitative estimate of drug-likeness (QED) is 0.409. The van der Waals surface area contributed by atoms with Crippen LogP contribution in [0.5, 0.6) is 11.5 Å². The number of benzene rings is 2. The Kier molecular flexibility index (Phi) is 7.35. The Labute approximate surface area is 180 Å². The Morgan fingerprint density at radius 3 is 2.60 bits per heavy atom. The van der Waals surface area contributed by atoms with E-state index < -0.39 is 5.25 Å². The van der Waals surface area contributed by atoms with E-state index in [0.29, 0.717) is 29.0 Å². The summed E-state index contributed by atoms with van der Waals surface area (Å²) < 4.78 is 10.9. The van der Waals surface area contributed by atoms with Gasteiger partial charge in [0.1, 0.15) is 16.7 Å². The number of aliphatic imine (C=N–C) groups is 1. The summed E-state index contributed by atoms with van der Waals surface area (Å²) in [6.07, 6.45) is 1.03. The fourth-order valence-corrected chi connectivity index (χ4v) is 3.99. The summed E-state index contributed by atoms with van der Waals surface area (Å²) in [5.74, 6) is 0.898. The summed E-state index contributed by atoms with van der Waals surface area (Å²) in [5.41, 5.74) is 1.29. The van der Waals surface area contributed by atoms with Gasteiger partial charge in [0.15, 0.2) is 5.17 Å². The Morgan fingerprint density at radius 1 is 1.20 bits per heavy atom. The first-order chi connectivity index (χ1) is 14.6. The molecule has 0 saturated carbocycles. The fourth-order valence-electron chi connectivity index (χ4n) is 3.01. The highest BCUT2D eigenvalue weighted by atomic mass is 32.2. The van der Waals surface area contributed by atoms with Crippen LogP contribution in [-0.4, -0.2) is 43.0 Å². The number of hydrogen-bond acceptors (Lipinski definition) is 6. The molecule has 8 heteroatoms. The van der Waals surface area contributed by atoms with Gasteiger partial charge in [-0.05, 0) is 42.8 Å². The summed E-state index contributed by atoms with van der Waals surface area (Å²) in [4.78, 5) is 31.0. The van der Waals surface area contributed by atoms with Crippen molar-refractivity contribution in [1.29, 1.82) is 0 Å². The number of thioether (sulfide) groups is 1. The van der Waals surface area contributed by atoms with Crippen LogP contribution in [0.3, 0.4) is 0 Å². The lowest BCUT2D eigenvalue weighted by Gasteiger charge is -2.17. The van der Waals surface area contributed by atoms with Gasteiger partial charge in [0.25, 0.3) is 0 Å². The largest absolute Gasteiger partial charge is 0.495 e. The van der Waals surface area contributed by atoms with Crippen LogP contribution in [0.1, 0.15) is 19.8 Å². The highest BCUT2D eigenvalue weighted by Crippen LogP contribution is 2.32. The first-order valence-corrected chi connectivity index (χ1v) is 10.6. The van der Waals surface area contributed by atoms with Crippen LogP contribution in [0.25, 0.3) is 0 Å². The zero-order valence-corrected chi connectivity index (χ0v) is 18.1. The molecule has 1 unspecified atom stereocenters. The molecule has 1 atom stereocenters. The number of amidine groups is 1. The molecule has 0 radical (unpaired) electrons. The third-order valence-electron chi connectivity index (χ3n) is 4.48. The molecule has 1 heterocycles. The van der Waals surface area contributed by atoms with Gasteiger partial charge in [-0.25, -0.2) is 4.90 Å². The molecule has 0 bridgehead atoms. The van der Waals surface area contributed by atoms with Gasteiger partial charge in [0.2, 0.25) is 11.8 Å². The van der Waals surface area contributed by atoms with Crippen molar-refractivity contribution in [3.8, 4) is 11.5 Å². The molecule has 0 spiro atoms. The summed E-state index contributed by atoms with van der Waals surface area (Å²) >= 11 is 1.24. The van der Waals surface area contributed by atoms with Gasteiger partial charge in [0.05, 0.1) is 25.1 Å². The number of imide groups is 1. The summed E-state index contributed by atoms with van der Waals surface area (Å²) in [7, 11) is 3.23. The molecule has 1 fully saturated rings. The minimum absolute atomic E-state index is 0.115. The van der Waals surface area contributed by atoms with Gasteiger partial charge in [-0.2, -0.15) is 0 Å². The Hall–Kier alpha value is -3.00. The van der Waals surface area contributed by atoms with Gasteiger partial charge < -0.3 is 14.8 Å². The van der Waals surface area contributed by atoms with Crippen LogP contribution in [-0.2, 0) is 9.59 Å². The number of para-hydroxylation sites is 2. The van der Waals surface area contributed by atoms with Gasteiger partial charge in [0, 0.05) is 13.5 Å². The number of carbonyl (C=O) groups is 2. The zero-order chi connectivity index (χ0) is 21.5. The number of amides is 2. The Morgan fingerprint density at radius 2 is 1.93 bits per heavy atom. The van der Waals surface area contributed by atoms with E-state index in [-0.39, 0.29) is 18.2 Å². The maximum atomic E-state index is 12.9. The normalized spacial score (nSPS) is 16.7. The van der Waals surface area contributed by atoms with Crippen LogP contribution < -0.4 is 19.7 Å². The van der Waals surface area contributed by atoms with Crippen LogP contribution in [0.15, 0.2) is 53.5 Å². The summed E-state index contributed by atoms with van der Waals surface area (Å²) in [6, 6.07) is 14.5. The van der Waals surface area contributed by atoms with Crippen molar-refractivity contribution in [3.05, 3.63) is 48.5 Å². The van der Waals surface area contributed by atoms with Crippen molar-refractivity contribution in [1.82, 2.24) is 0 Å². The number of carbonyl (C=O) groups excluding carboxylic acids is 2. The number of ether oxygens (including phenoxy) is 2. The molecule has 30 heavy (non-hydrogen) atoms. The van der Waals surface area contributed by atoms with E-state index in [2.05, 4.69) is 10.3 Å². The van der Waals surface area contributed by atoms with E-state index in [0.717, 1.165) is 12.1 Å². The molecule has 2 aromatic rings. The van der Waals surface area contributed by atoms with E-state index in [1.54, 1.807) is 38.4 Å². The Bertz CT molecular complexity index is 930. The molecule has 0 aromatic heterocycles. The number of anilines is 2. The minimum atomic E-state index is -0.547. The highest BCUT2D eigenvalue weighted by Gasteiger charge is 2.40. The first-order valence-electron chi connectivity index (χ1n) is 9.70. The van der Waals surface area contributed by atoms with Crippen LogP contribution in [0.4, 0.5) is 11.4 Å². The average Bonchev–Trinajstić information content (AvgIpc) is 3.05. The van der Waals surface area contributed by atoms with Crippen LogP contribution in [0, 0.1) is 0 Å². The van der Waals surface area contributed by atoms with Gasteiger partial charge in [-0.15, -0.1) is 0 Å².